The van der Waals surface area contributed by atoms with Crippen molar-refractivity contribution >= 4 is 34.0 Å². The number of carbonyl (C=O) groups is 1. The third-order valence-corrected chi connectivity index (χ3v) is 8.10. The van der Waals surface area contributed by atoms with Gasteiger partial charge in [0.05, 0.1) is 12.2 Å². The van der Waals surface area contributed by atoms with Crippen LogP contribution in [0.2, 0.25) is 5.02 Å². The van der Waals surface area contributed by atoms with Crippen LogP contribution < -0.4 is 5.32 Å². The highest BCUT2D eigenvalue weighted by atomic mass is 35.5. The third-order valence-electron chi connectivity index (χ3n) is 7.09. The maximum absolute atomic E-state index is 12.7. The Labute approximate surface area is 175 Å². The molecule has 0 saturated heterocycles. The van der Waals surface area contributed by atoms with Gasteiger partial charge in [-0.05, 0) is 75.5 Å². The van der Waals surface area contributed by atoms with Crippen LogP contribution in [0.3, 0.4) is 0 Å². The second kappa shape index (κ2) is 7.12. The molecule has 28 heavy (non-hydrogen) atoms. The van der Waals surface area contributed by atoms with Crippen molar-refractivity contribution in [1.82, 2.24) is 9.88 Å². The topological polar surface area (TPSA) is 45.2 Å². The molecule has 4 aliphatic rings. The summed E-state index contributed by atoms with van der Waals surface area (Å²) in [5, 5.41) is 6.35. The molecule has 0 atom stereocenters. The van der Waals surface area contributed by atoms with Gasteiger partial charge >= 0.3 is 0 Å². The number of aromatic nitrogens is 1. The van der Waals surface area contributed by atoms with Crippen molar-refractivity contribution in [2.75, 3.05) is 18.9 Å². The Morgan fingerprint density at radius 1 is 1.18 bits per heavy atom. The molecule has 1 amide bonds. The van der Waals surface area contributed by atoms with E-state index in [2.05, 4.69) is 22.2 Å². The van der Waals surface area contributed by atoms with E-state index in [4.69, 9.17) is 11.6 Å². The Kier molecular flexibility index (Phi) is 4.73. The van der Waals surface area contributed by atoms with E-state index < -0.39 is 0 Å². The monoisotopic (exact) mass is 415 g/mol. The van der Waals surface area contributed by atoms with Crippen LogP contribution in [0, 0.1) is 17.8 Å². The second-order valence-corrected chi connectivity index (χ2v) is 10.4. The fraction of sp³-hybridized carbons (Fsp3) is 0.545. The second-order valence-electron chi connectivity index (χ2n) is 9.09. The van der Waals surface area contributed by atoms with Crippen LogP contribution in [0.5, 0.6) is 0 Å². The maximum Gasteiger partial charge on any atom is 0.240 e. The standard InChI is InChI=1S/C22H26ClN3OS/c1-26(22-9-14-6-15(10-22)8-16(7-14)11-22)12-20(27)25-21-24-19(13-28-21)17-2-4-18(23)5-3-17/h2-5,13-16H,6-12H2,1H3,(H,24,25,27). The lowest BCUT2D eigenvalue weighted by Gasteiger charge is -2.59. The summed E-state index contributed by atoms with van der Waals surface area (Å²) in [6, 6.07) is 7.61. The highest BCUT2D eigenvalue weighted by Gasteiger charge is 2.52. The van der Waals surface area contributed by atoms with Crippen molar-refractivity contribution in [3.63, 3.8) is 0 Å². The number of anilines is 1. The fourth-order valence-corrected chi connectivity index (χ4v) is 7.02. The third kappa shape index (κ3) is 3.49. The molecular formula is C22H26ClN3OS. The number of rotatable bonds is 5. The summed E-state index contributed by atoms with van der Waals surface area (Å²) in [7, 11) is 2.15. The molecule has 0 spiro atoms. The van der Waals surface area contributed by atoms with Crippen LogP contribution in [-0.4, -0.2) is 34.9 Å². The highest BCUT2D eigenvalue weighted by Crippen LogP contribution is 2.57. The van der Waals surface area contributed by atoms with Gasteiger partial charge in [-0.15, -0.1) is 11.3 Å². The minimum absolute atomic E-state index is 0.0373. The van der Waals surface area contributed by atoms with E-state index in [9.17, 15) is 4.79 Å². The van der Waals surface area contributed by atoms with E-state index >= 15 is 0 Å². The number of benzene rings is 1. The maximum atomic E-state index is 12.7. The molecule has 0 aliphatic heterocycles. The molecule has 4 fully saturated rings. The van der Waals surface area contributed by atoms with Crippen LogP contribution in [-0.2, 0) is 4.79 Å². The van der Waals surface area contributed by atoms with Gasteiger partial charge in [0.1, 0.15) is 0 Å². The fourth-order valence-electron chi connectivity index (χ4n) is 6.16. The van der Waals surface area contributed by atoms with Crippen LogP contribution in [0.25, 0.3) is 11.3 Å². The first-order valence-corrected chi connectivity index (χ1v) is 11.5. The molecule has 148 valence electrons. The zero-order chi connectivity index (χ0) is 19.3. The molecule has 4 nitrogen and oxygen atoms in total. The van der Waals surface area contributed by atoms with Crippen molar-refractivity contribution in [1.29, 1.82) is 0 Å². The number of nitrogens with one attached hydrogen (secondary N) is 1. The predicted molar refractivity (Wildman–Crippen MR) is 115 cm³/mol. The molecule has 4 bridgehead atoms. The molecule has 1 aromatic carbocycles. The van der Waals surface area contributed by atoms with Gasteiger partial charge in [0.15, 0.2) is 5.13 Å². The molecular weight excluding hydrogens is 390 g/mol. The van der Waals surface area contributed by atoms with Crippen LogP contribution in [0.1, 0.15) is 38.5 Å². The number of hydrogen-bond donors (Lipinski definition) is 1. The molecule has 0 unspecified atom stereocenters. The van der Waals surface area contributed by atoms with Gasteiger partial charge in [-0.2, -0.15) is 0 Å². The SMILES string of the molecule is CN(CC(=O)Nc1nc(-c2ccc(Cl)cc2)cs1)C12CC3CC(CC(C3)C1)C2. The van der Waals surface area contributed by atoms with Gasteiger partial charge in [0.25, 0.3) is 0 Å². The van der Waals surface area contributed by atoms with Crippen LogP contribution in [0.15, 0.2) is 29.6 Å². The molecule has 6 rings (SSSR count). The van der Waals surface area contributed by atoms with Crippen LogP contribution >= 0.6 is 22.9 Å². The van der Waals surface area contributed by atoms with E-state index in [0.717, 1.165) is 29.0 Å². The van der Waals surface area contributed by atoms with Gasteiger partial charge < -0.3 is 5.32 Å². The van der Waals surface area contributed by atoms with Gasteiger partial charge in [0, 0.05) is 21.5 Å². The van der Waals surface area contributed by atoms with Crippen molar-refractivity contribution in [2.24, 2.45) is 17.8 Å². The molecule has 1 aromatic heterocycles. The largest absolute Gasteiger partial charge is 0.301 e. The summed E-state index contributed by atoms with van der Waals surface area (Å²) >= 11 is 7.42. The van der Waals surface area contributed by atoms with Crippen molar-refractivity contribution < 1.29 is 4.79 Å². The highest BCUT2D eigenvalue weighted by molar-refractivity contribution is 7.14. The summed E-state index contributed by atoms with van der Waals surface area (Å²) in [6.07, 6.45) is 8.10. The first-order valence-electron chi connectivity index (χ1n) is 10.2. The van der Waals surface area contributed by atoms with Gasteiger partial charge in [-0.3, -0.25) is 9.69 Å². The zero-order valence-electron chi connectivity index (χ0n) is 16.2. The number of amides is 1. The average molecular weight is 416 g/mol. The number of nitrogens with zero attached hydrogens (tertiary/aromatic N) is 2. The number of thiazole rings is 1. The Hall–Kier alpha value is -1.43. The van der Waals surface area contributed by atoms with Crippen LogP contribution in [0.4, 0.5) is 5.13 Å². The Bertz CT molecular complexity index is 843. The predicted octanol–water partition coefficient (Wildman–Crippen LogP) is 5.30. The van der Waals surface area contributed by atoms with E-state index in [1.54, 1.807) is 0 Å². The van der Waals surface area contributed by atoms with E-state index in [1.807, 2.05) is 29.6 Å². The van der Waals surface area contributed by atoms with Crippen molar-refractivity contribution in [3.8, 4) is 11.3 Å². The summed E-state index contributed by atoms with van der Waals surface area (Å²) in [4.78, 5) is 19.6. The van der Waals surface area contributed by atoms with Gasteiger partial charge in [0.2, 0.25) is 5.91 Å². The summed E-state index contributed by atoms with van der Waals surface area (Å²) < 4.78 is 0. The minimum atomic E-state index is 0.0373. The van der Waals surface area contributed by atoms with E-state index in [-0.39, 0.29) is 11.4 Å². The lowest BCUT2D eigenvalue weighted by molar-refractivity contribution is -0.123. The van der Waals surface area contributed by atoms with E-state index in [1.165, 1.54) is 49.9 Å². The lowest BCUT2D eigenvalue weighted by atomic mass is 9.52. The molecule has 2 aromatic rings. The van der Waals surface area contributed by atoms with Gasteiger partial charge in [-0.1, -0.05) is 23.7 Å². The number of halogens is 1. The Balaban J connectivity index is 1.22. The smallest absolute Gasteiger partial charge is 0.240 e. The summed E-state index contributed by atoms with van der Waals surface area (Å²) in [5.41, 5.74) is 2.13. The summed E-state index contributed by atoms with van der Waals surface area (Å²) in [6.45, 7) is 0.446. The molecule has 4 saturated carbocycles. The minimum Gasteiger partial charge on any atom is -0.301 e. The molecule has 6 heteroatoms. The van der Waals surface area contributed by atoms with Crippen molar-refractivity contribution in [2.45, 2.75) is 44.1 Å². The first-order chi connectivity index (χ1) is 13.5. The van der Waals surface area contributed by atoms with Crippen molar-refractivity contribution in [3.05, 3.63) is 34.7 Å². The zero-order valence-corrected chi connectivity index (χ0v) is 17.7. The summed E-state index contributed by atoms with van der Waals surface area (Å²) in [5.74, 6) is 2.70. The molecule has 1 N–H and O–H groups in total. The van der Waals surface area contributed by atoms with Gasteiger partial charge in [-0.25, -0.2) is 4.98 Å². The van der Waals surface area contributed by atoms with E-state index in [0.29, 0.717) is 16.7 Å². The first kappa shape index (κ1) is 18.6. The number of carbonyl (C=O) groups excluding carboxylic acids is 1. The quantitative estimate of drug-likeness (QED) is 0.720. The number of likely N-dealkylation sites (N-methyl/N-ethyl adjacent to an activating group) is 1. The molecule has 4 aliphatic carbocycles. The average Bonchev–Trinajstić information content (AvgIpc) is 3.09. The normalized spacial score (nSPS) is 30.8. The molecule has 1 heterocycles. The Morgan fingerprint density at radius 2 is 1.79 bits per heavy atom. The number of hydrogen-bond acceptors (Lipinski definition) is 4. The lowest BCUT2D eigenvalue weighted by Crippen LogP contribution is -2.59. The molecule has 0 radical (unpaired) electrons. The Morgan fingerprint density at radius 3 is 2.39 bits per heavy atom.